The molecule has 1 unspecified atom stereocenters. The summed E-state index contributed by atoms with van der Waals surface area (Å²) < 4.78 is 0. The van der Waals surface area contributed by atoms with Gasteiger partial charge in [0, 0.05) is 16.8 Å². The Morgan fingerprint density at radius 1 is 0.900 bits per heavy atom. The van der Waals surface area contributed by atoms with Crippen molar-refractivity contribution >= 4 is 0 Å². The summed E-state index contributed by atoms with van der Waals surface area (Å²) in [6, 6.07) is 13.4. The highest BCUT2D eigenvalue weighted by atomic mass is 16.3. The van der Waals surface area contributed by atoms with E-state index in [1.807, 2.05) is 0 Å². The van der Waals surface area contributed by atoms with E-state index >= 15 is 0 Å². The maximum absolute atomic E-state index is 10.6. The van der Waals surface area contributed by atoms with Gasteiger partial charge in [-0.05, 0) is 74.9 Å². The van der Waals surface area contributed by atoms with Gasteiger partial charge in [0.1, 0.15) is 0 Å². The van der Waals surface area contributed by atoms with E-state index in [9.17, 15) is 4.91 Å². The Labute approximate surface area is 178 Å². The molecule has 5 nitrogen and oxygen atoms in total. The number of rotatable bonds is 10. The zero-order chi connectivity index (χ0) is 21.1. The first-order valence-corrected chi connectivity index (χ1v) is 11.1. The van der Waals surface area contributed by atoms with E-state index in [1.54, 1.807) is 0 Å². The molecule has 1 aliphatic carbocycles. The van der Waals surface area contributed by atoms with Crippen LogP contribution >= 0.6 is 0 Å². The number of nitrogens with zero attached hydrogens (tertiary/aromatic N) is 1. The van der Waals surface area contributed by atoms with Crippen LogP contribution in [0.4, 0.5) is 0 Å². The largest absolute Gasteiger partial charge is 0.357 e. The Kier molecular flexibility index (Phi) is 5.91. The lowest BCUT2D eigenvalue weighted by Crippen LogP contribution is -2.25. The Bertz CT molecular complexity index is 1010. The van der Waals surface area contributed by atoms with Crippen molar-refractivity contribution in [2.45, 2.75) is 57.8 Å². The van der Waals surface area contributed by atoms with E-state index < -0.39 is 0 Å². The van der Waals surface area contributed by atoms with Gasteiger partial charge in [-0.25, -0.2) is 0 Å². The van der Waals surface area contributed by atoms with Crippen molar-refractivity contribution < 1.29 is 0 Å². The molecule has 0 fully saturated rings. The summed E-state index contributed by atoms with van der Waals surface area (Å²) in [5.74, 6) is 0. The van der Waals surface area contributed by atoms with Crippen LogP contribution in [0.3, 0.4) is 0 Å². The fraction of sp³-hybridized carbons (Fsp3) is 0.440. The van der Waals surface area contributed by atoms with Crippen molar-refractivity contribution in [2.75, 3.05) is 13.1 Å². The lowest BCUT2D eigenvalue weighted by molar-refractivity contribution is 0.410. The number of nitrogens with two attached hydrogens (primary N) is 1. The van der Waals surface area contributed by atoms with Crippen LogP contribution in [0.1, 0.15) is 60.9 Å². The smallest absolute Gasteiger partial charge is 0.0811 e. The summed E-state index contributed by atoms with van der Waals surface area (Å²) >= 11 is 0. The van der Waals surface area contributed by atoms with E-state index in [1.165, 1.54) is 39.3 Å². The quantitative estimate of drug-likeness (QED) is 0.288. The highest BCUT2D eigenvalue weighted by molar-refractivity contribution is 5.81. The summed E-state index contributed by atoms with van der Waals surface area (Å²) in [6.45, 7) is 5.36. The lowest BCUT2D eigenvalue weighted by atomic mass is 9.71. The number of hydrogen-bond acceptors (Lipinski definition) is 3. The van der Waals surface area contributed by atoms with Gasteiger partial charge in [-0.2, -0.15) is 4.91 Å². The van der Waals surface area contributed by atoms with Gasteiger partial charge in [0.05, 0.1) is 17.9 Å². The average Bonchev–Trinajstić information content (AvgIpc) is 3.39. The summed E-state index contributed by atoms with van der Waals surface area (Å²) in [7, 11) is 0. The summed E-state index contributed by atoms with van der Waals surface area (Å²) in [5.41, 5.74) is 15.8. The zero-order valence-corrected chi connectivity index (χ0v) is 18.1. The van der Waals surface area contributed by atoms with Crippen LogP contribution in [0.2, 0.25) is 0 Å². The standard InChI is InChI=1S/C25H32N4O/c1-17-7-9-19(10-8-17)22-16-21-24(29-22)23-20(15-18(2)28-23)25(21,11-3-5-13-26)12-4-6-14-27-30/h7-10,15-16,28-29H,3-6,11-14,26H2,1-2H3. The molecule has 4 rings (SSSR count). The number of H-pyrrole nitrogens is 2. The van der Waals surface area contributed by atoms with Crippen LogP contribution in [-0.4, -0.2) is 23.1 Å². The van der Waals surface area contributed by atoms with Gasteiger partial charge >= 0.3 is 0 Å². The van der Waals surface area contributed by atoms with Crippen molar-refractivity contribution in [3.8, 4) is 22.6 Å². The first kappa shape index (κ1) is 20.6. The molecular formula is C25H32N4O. The van der Waals surface area contributed by atoms with Crippen LogP contribution in [0.25, 0.3) is 22.6 Å². The second-order valence-electron chi connectivity index (χ2n) is 8.72. The summed E-state index contributed by atoms with van der Waals surface area (Å²) in [4.78, 5) is 17.9. The molecule has 0 saturated carbocycles. The molecule has 158 valence electrons. The van der Waals surface area contributed by atoms with Gasteiger partial charge in [-0.1, -0.05) is 47.8 Å². The predicted octanol–water partition coefficient (Wildman–Crippen LogP) is 5.96. The van der Waals surface area contributed by atoms with Crippen molar-refractivity contribution in [2.24, 2.45) is 10.9 Å². The minimum atomic E-state index is -0.0348. The minimum absolute atomic E-state index is 0.0348. The number of aryl methyl sites for hydroxylation is 2. The number of hydrogen-bond donors (Lipinski definition) is 3. The molecule has 0 radical (unpaired) electrons. The Balaban J connectivity index is 1.78. The molecule has 0 amide bonds. The third-order valence-electron chi connectivity index (χ3n) is 6.57. The summed E-state index contributed by atoms with van der Waals surface area (Å²) in [6.07, 6.45) is 6.04. The Hall–Kier alpha value is -2.66. The SMILES string of the molecule is Cc1ccc(-c2cc3c([nH]2)-c2[nH]c(C)cc2C3(CCCCN)CCCCN=O)cc1. The normalized spacial score (nSPS) is 17.2. The first-order chi connectivity index (χ1) is 14.6. The summed E-state index contributed by atoms with van der Waals surface area (Å²) in [5, 5.41) is 3.06. The van der Waals surface area contributed by atoms with Crippen LogP contribution < -0.4 is 5.73 Å². The number of nitrogens with one attached hydrogen (secondary N) is 2. The van der Waals surface area contributed by atoms with Crippen molar-refractivity contribution in [3.05, 3.63) is 63.7 Å². The van der Waals surface area contributed by atoms with Crippen LogP contribution in [0, 0.1) is 18.8 Å². The second kappa shape index (κ2) is 8.60. The fourth-order valence-electron chi connectivity index (χ4n) is 5.06. The maximum Gasteiger partial charge on any atom is 0.0811 e. The van der Waals surface area contributed by atoms with Gasteiger partial charge in [0.15, 0.2) is 0 Å². The van der Waals surface area contributed by atoms with E-state index in [4.69, 9.17) is 5.73 Å². The number of fused-ring (bicyclic) bond motifs is 3. The van der Waals surface area contributed by atoms with E-state index in [2.05, 4.69) is 65.4 Å². The molecule has 0 spiro atoms. The molecule has 1 aromatic carbocycles. The van der Waals surface area contributed by atoms with Gasteiger partial charge < -0.3 is 15.7 Å². The van der Waals surface area contributed by atoms with Crippen molar-refractivity contribution in [1.29, 1.82) is 0 Å². The first-order valence-electron chi connectivity index (χ1n) is 11.1. The predicted molar refractivity (Wildman–Crippen MR) is 124 cm³/mol. The zero-order valence-electron chi connectivity index (χ0n) is 18.1. The number of nitroso groups, excluding NO2 is 1. The number of benzene rings is 1. The average molecular weight is 405 g/mol. The lowest BCUT2D eigenvalue weighted by Gasteiger charge is -2.31. The molecule has 4 N–H and O–H groups in total. The number of unbranched alkanes of at least 4 members (excludes halogenated alkanes) is 2. The molecule has 0 bridgehead atoms. The molecular weight excluding hydrogens is 372 g/mol. The molecule has 5 heteroatoms. The molecule has 0 aliphatic heterocycles. The molecule has 2 aromatic heterocycles. The minimum Gasteiger partial charge on any atom is -0.357 e. The third kappa shape index (κ3) is 3.63. The second-order valence-corrected chi connectivity index (χ2v) is 8.72. The number of aromatic nitrogens is 2. The molecule has 0 saturated heterocycles. The number of aromatic amines is 2. The monoisotopic (exact) mass is 404 g/mol. The van der Waals surface area contributed by atoms with Gasteiger partial charge in [-0.15, -0.1) is 0 Å². The maximum atomic E-state index is 10.6. The van der Waals surface area contributed by atoms with Crippen LogP contribution in [-0.2, 0) is 5.41 Å². The van der Waals surface area contributed by atoms with Crippen molar-refractivity contribution in [1.82, 2.24) is 9.97 Å². The molecule has 1 atom stereocenters. The Morgan fingerprint density at radius 2 is 1.57 bits per heavy atom. The fourth-order valence-corrected chi connectivity index (χ4v) is 5.06. The van der Waals surface area contributed by atoms with Crippen LogP contribution in [0.5, 0.6) is 0 Å². The van der Waals surface area contributed by atoms with Gasteiger partial charge in [0.2, 0.25) is 0 Å². The Morgan fingerprint density at radius 3 is 2.27 bits per heavy atom. The molecule has 30 heavy (non-hydrogen) atoms. The van der Waals surface area contributed by atoms with E-state index in [-0.39, 0.29) is 5.41 Å². The van der Waals surface area contributed by atoms with Crippen molar-refractivity contribution in [3.63, 3.8) is 0 Å². The molecule has 1 aliphatic rings. The van der Waals surface area contributed by atoms with Gasteiger partial charge in [0.25, 0.3) is 0 Å². The third-order valence-corrected chi connectivity index (χ3v) is 6.57. The topological polar surface area (TPSA) is 87.0 Å². The highest BCUT2D eigenvalue weighted by Crippen LogP contribution is 2.55. The molecule has 2 heterocycles. The van der Waals surface area contributed by atoms with Crippen LogP contribution in [0.15, 0.2) is 41.6 Å². The molecule has 3 aromatic rings. The van der Waals surface area contributed by atoms with Gasteiger partial charge in [-0.3, -0.25) is 0 Å². The van der Waals surface area contributed by atoms with E-state index in [0.29, 0.717) is 6.54 Å². The van der Waals surface area contributed by atoms with E-state index in [0.717, 1.165) is 50.8 Å². The highest BCUT2D eigenvalue weighted by Gasteiger charge is 2.44.